The molecule has 188 valence electrons. The van der Waals surface area contributed by atoms with Crippen LogP contribution in [-0.2, 0) is 16.0 Å². The van der Waals surface area contributed by atoms with Gasteiger partial charge in [-0.05, 0) is 38.8 Å². The van der Waals surface area contributed by atoms with Crippen molar-refractivity contribution in [1.82, 2.24) is 4.90 Å². The van der Waals surface area contributed by atoms with Gasteiger partial charge in [-0.15, -0.1) is 0 Å². The summed E-state index contributed by atoms with van der Waals surface area (Å²) in [5.41, 5.74) is 2.34. The van der Waals surface area contributed by atoms with Gasteiger partial charge in [-0.3, -0.25) is 9.80 Å². The van der Waals surface area contributed by atoms with E-state index in [2.05, 4.69) is 0 Å². The number of carbonyl (C=O) groups excluding carboxylic acids is 2. The van der Waals surface area contributed by atoms with E-state index in [-0.39, 0.29) is 25.3 Å². The van der Waals surface area contributed by atoms with E-state index in [0.29, 0.717) is 30.2 Å². The summed E-state index contributed by atoms with van der Waals surface area (Å²) in [5.74, 6) is 0.993. The van der Waals surface area contributed by atoms with Gasteiger partial charge in [-0.2, -0.15) is 0 Å². The third-order valence-electron chi connectivity index (χ3n) is 5.97. The molecule has 0 fully saturated rings. The van der Waals surface area contributed by atoms with Crippen LogP contribution in [0.4, 0.5) is 15.3 Å². The summed E-state index contributed by atoms with van der Waals surface area (Å²) < 4.78 is 22.0. The molecule has 1 aliphatic rings. The zero-order valence-electron chi connectivity index (χ0n) is 21.0. The average molecular weight is 483 g/mol. The van der Waals surface area contributed by atoms with Crippen LogP contribution in [0.2, 0.25) is 0 Å². The van der Waals surface area contributed by atoms with Crippen LogP contribution in [0.1, 0.15) is 44.4 Å². The molecule has 3 rings (SSSR count). The van der Waals surface area contributed by atoms with Crippen molar-refractivity contribution in [2.45, 2.75) is 45.8 Å². The number of amides is 2. The Balaban J connectivity index is 2.10. The van der Waals surface area contributed by atoms with Crippen molar-refractivity contribution < 1.29 is 28.5 Å². The van der Waals surface area contributed by atoms with Crippen LogP contribution in [0.25, 0.3) is 0 Å². The topological polar surface area (TPSA) is 77.5 Å². The van der Waals surface area contributed by atoms with Crippen LogP contribution in [0, 0.1) is 0 Å². The molecule has 0 spiro atoms. The van der Waals surface area contributed by atoms with E-state index < -0.39 is 12.2 Å². The highest BCUT2D eigenvalue weighted by Crippen LogP contribution is 2.46. The fourth-order valence-electron chi connectivity index (χ4n) is 4.30. The van der Waals surface area contributed by atoms with Gasteiger partial charge in [0.15, 0.2) is 11.5 Å². The van der Waals surface area contributed by atoms with Crippen molar-refractivity contribution in [2.24, 2.45) is 0 Å². The van der Waals surface area contributed by atoms with Crippen LogP contribution in [-0.4, -0.2) is 50.6 Å². The van der Waals surface area contributed by atoms with Crippen molar-refractivity contribution in [3.8, 4) is 11.5 Å². The maximum absolute atomic E-state index is 13.2. The molecule has 0 N–H and O–H groups in total. The van der Waals surface area contributed by atoms with E-state index in [1.165, 1.54) is 0 Å². The standard InChI is InChI=1S/C27H34N2O6/c1-6-8-14-35-27(31)29-19(3)15-22(21-16-24(32-4)25(33-5)17-23(21)29)28(26(30)34-7-2)18-20-12-10-9-11-13-20/h6,8-13,16-17,19,22H,7,14-15,18H2,1-5H3/t19-,22+/m0/s1. The molecule has 2 atom stereocenters. The monoisotopic (exact) mass is 482 g/mol. The largest absolute Gasteiger partial charge is 0.493 e. The number of benzene rings is 2. The lowest BCUT2D eigenvalue weighted by atomic mass is 9.90. The van der Waals surface area contributed by atoms with Crippen LogP contribution in [0.5, 0.6) is 11.5 Å². The third-order valence-corrected chi connectivity index (χ3v) is 5.97. The molecule has 8 heteroatoms. The Morgan fingerprint density at radius 1 is 1.09 bits per heavy atom. The van der Waals surface area contributed by atoms with Gasteiger partial charge in [-0.25, -0.2) is 9.59 Å². The lowest BCUT2D eigenvalue weighted by Gasteiger charge is -2.42. The molecule has 0 radical (unpaired) electrons. The second kappa shape index (κ2) is 12.1. The highest BCUT2D eigenvalue weighted by atomic mass is 16.6. The summed E-state index contributed by atoms with van der Waals surface area (Å²) in [4.78, 5) is 29.6. The molecule has 1 heterocycles. The molecule has 0 saturated heterocycles. The number of rotatable bonds is 8. The molecular weight excluding hydrogens is 448 g/mol. The normalized spacial score (nSPS) is 17.0. The second-order valence-corrected chi connectivity index (χ2v) is 8.19. The minimum absolute atomic E-state index is 0.174. The number of fused-ring (bicyclic) bond motifs is 1. The summed E-state index contributed by atoms with van der Waals surface area (Å²) >= 11 is 0. The molecule has 2 aromatic carbocycles. The minimum Gasteiger partial charge on any atom is -0.493 e. The number of hydrogen-bond acceptors (Lipinski definition) is 6. The highest BCUT2D eigenvalue weighted by Gasteiger charge is 2.40. The number of ether oxygens (including phenoxy) is 4. The predicted molar refractivity (Wildman–Crippen MR) is 134 cm³/mol. The van der Waals surface area contributed by atoms with Crippen LogP contribution in [0.15, 0.2) is 54.6 Å². The van der Waals surface area contributed by atoms with E-state index in [4.69, 9.17) is 18.9 Å². The molecule has 0 bridgehead atoms. The van der Waals surface area contributed by atoms with E-state index in [9.17, 15) is 9.59 Å². The Morgan fingerprint density at radius 2 is 1.77 bits per heavy atom. The lowest BCUT2D eigenvalue weighted by Crippen LogP contribution is -2.47. The molecule has 0 aliphatic carbocycles. The van der Waals surface area contributed by atoms with Gasteiger partial charge in [0, 0.05) is 24.2 Å². The first-order chi connectivity index (χ1) is 16.9. The number of methoxy groups -OCH3 is 2. The number of hydrogen-bond donors (Lipinski definition) is 0. The Hall–Kier alpha value is -3.68. The second-order valence-electron chi connectivity index (χ2n) is 8.19. The average Bonchev–Trinajstić information content (AvgIpc) is 2.86. The van der Waals surface area contributed by atoms with Gasteiger partial charge < -0.3 is 18.9 Å². The third kappa shape index (κ3) is 5.88. The molecule has 1 aliphatic heterocycles. The predicted octanol–water partition coefficient (Wildman–Crippen LogP) is 5.71. The van der Waals surface area contributed by atoms with Gasteiger partial charge in [0.05, 0.1) is 32.6 Å². The SMILES string of the molecule is CC=CCOC(=O)N1c2cc(OC)c(OC)cc2[C@H](N(Cc2ccccc2)C(=O)OCC)C[C@@H]1C. The van der Waals surface area contributed by atoms with E-state index in [0.717, 1.165) is 11.1 Å². The molecule has 8 nitrogen and oxygen atoms in total. The smallest absolute Gasteiger partial charge is 0.414 e. The van der Waals surface area contributed by atoms with Gasteiger partial charge in [-0.1, -0.05) is 42.5 Å². The summed E-state index contributed by atoms with van der Waals surface area (Å²) in [6.07, 6.45) is 3.21. The van der Waals surface area contributed by atoms with E-state index in [1.54, 1.807) is 43.1 Å². The number of nitrogens with zero attached hydrogens (tertiary/aromatic N) is 2. The zero-order valence-corrected chi connectivity index (χ0v) is 21.0. The van der Waals surface area contributed by atoms with Crippen molar-refractivity contribution in [1.29, 1.82) is 0 Å². The quantitative estimate of drug-likeness (QED) is 0.448. The fourth-order valence-corrected chi connectivity index (χ4v) is 4.30. The Bertz CT molecular complexity index is 1040. The number of allylic oxidation sites excluding steroid dienone is 1. The van der Waals surface area contributed by atoms with E-state index in [1.807, 2.05) is 56.3 Å². The van der Waals surface area contributed by atoms with Gasteiger partial charge >= 0.3 is 12.2 Å². The molecule has 0 unspecified atom stereocenters. The first-order valence-corrected chi connectivity index (χ1v) is 11.7. The zero-order chi connectivity index (χ0) is 25.4. The molecule has 35 heavy (non-hydrogen) atoms. The van der Waals surface area contributed by atoms with Crippen molar-refractivity contribution in [3.05, 3.63) is 65.7 Å². The first-order valence-electron chi connectivity index (χ1n) is 11.7. The molecule has 2 amide bonds. The summed E-state index contributed by atoms with van der Waals surface area (Å²) in [7, 11) is 3.10. The van der Waals surface area contributed by atoms with Gasteiger partial charge in [0.2, 0.25) is 0 Å². The summed E-state index contributed by atoms with van der Waals surface area (Å²) in [5, 5.41) is 0. The Kier molecular flexibility index (Phi) is 9.00. The fraction of sp³-hybridized carbons (Fsp3) is 0.407. The van der Waals surface area contributed by atoms with Gasteiger partial charge in [0.25, 0.3) is 0 Å². The van der Waals surface area contributed by atoms with Crippen LogP contribution < -0.4 is 14.4 Å². The van der Waals surface area contributed by atoms with Gasteiger partial charge in [0.1, 0.15) is 6.61 Å². The summed E-state index contributed by atoms with van der Waals surface area (Å²) in [6.45, 7) is 6.38. The molecular formula is C27H34N2O6. The van der Waals surface area contributed by atoms with E-state index >= 15 is 0 Å². The van der Waals surface area contributed by atoms with Crippen LogP contribution >= 0.6 is 0 Å². The number of carbonyl (C=O) groups is 2. The minimum atomic E-state index is -0.465. The maximum Gasteiger partial charge on any atom is 0.414 e. The summed E-state index contributed by atoms with van der Waals surface area (Å²) in [6, 6.07) is 12.7. The molecule has 0 saturated carbocycles. The molecule has 0 aromatic heterocycles. The Morgan fingerprint density at radius 3 is 2.40 bits per heavy atom. The van der Waals surface area contributed by atoms with Crippen molar-refractivity contribution in [3.63, 3.8) is 0 Å². The highest BCUT2D eigenvalue weighted by molar-refractivity contribution is 5.91. The van der Waals surface area contributed by atoms with Crippen molar-refractivity contribution in [2.75, 3.05) is 32.3 Å². The first kappa shape index (κ1) is 25.9. The maximum atomic E-state index is 13.2. The Labute approximate surface area is 207 Å². The molecule has 2 aromatic rings. The van der Waals surface area contributed by atoms with Crippen molar-refractivity contribution >= 4 is 17.9 Å². The van der Waals surface area contributed by atoms with Crippen LogP contribution in [0.3, 0.4) is 0 Å². The number of anilines is 1. The lowest BCUT2D eigenvalue weighted by molar-refractivity contribution is 0.0809.